The molecule has 7 heteroatoms. The zero-order valence-electron chi connectivity index (χ0n) is 10.5. The maximum absolute atomic E-state index is 11.0. The van der Waals surface area contributed by atoms with E-state index in [1.807, 2.05) is 19.2 Å². The lowest BCUT2D eigenvalue weighted by molar-refractivity contribution is 0.0698. The van der Waals surface area contributed by atoms with E-state index in [0.717, 1.165) is 10.7 Å². The summed E-state index contributed by atoms with van der Waals surface area (Å²) in [4.78, 5) is 19.4. The fourth-order valence-corrected chi connectivity index (χ4v) is 2.42. The predicted octanol–water partition coefficient (Wildman–Crippen LogP) is 2.30. The molecular weight excluding hydrogens is 264 g/mol. The van der Waals surface area contributed by atoms with Crippen LogP contribution in [-0.4, -0.2) is 21.0 Å². The Kier molecular flexibility index (Phi) is 3.66. The van der Waals surface area contributed by atoms with Crippen molar-refractivity contribution in [3.05, 3.63) is 33.9 Å². The number of aryl methyl sites for hydroxylation is 1. The van der Waals surface area contributed by atoms with Crippen LogP contribution in [0, 0.1) is 6.92 Å². The number of nitrogens with zero attached hydrogens (tertiary/aromatic N) is 2. The number of carboxylic acid groups (broad SMARTS) is 1. The van der Waals surface area contributed by atoms with E-state index < -0.39 is 5.97 Å². The molecule has 2 aromatic rings. The first kappa shape index (κ1) is 13.3. The molecule has 0 bridgehead atoms. The second kappa shape index (κ2) is 5.23. The Labute approximate surface area is 114 Å². The quantitative estimate of drug-likeness (QED) is 0.793. The van der Waals surface area contributed by atoms with Gasteiger partial charge in [-0.1, -0.05) is 0 Å². The number of pyridine rings is 1. The molecule has 0 aliphatic heterocycles. The number of carboxylic acids is 1. The highest BCUT2D eigenvalue weighted by Gasteiger charge is 2.15. The van der Waals surface area contributed by atoms with Crippen LogP contribution < -0.4 is 11.1 Å². The molecule has 2 aromatic heterocycles. The molecule has 0 spiro atoms. The first-order valence-electron chi connectivity index (χ1n) is 5.65. The summed E-state index contributed by atoms with van der Waals surface area (Å²) < 4.78 is 0. The fourth-order valence-electron chi connectivity index (χ4n) is 1.61. The van der Waals surface area contributed by atoms with E-state index in [4.69, 9.17) is 10.8 Å². The standard InChI is InChI=1S/C12H14N4O2S/c1-6-5-19-11(15-6)7(2)16-10-9(13)8(12(17)18)3-4-14-10/h3-5,7H,13H2,1-2H3,(H,14,16)(H,17,18). The van der Waals surface area contributed by atoms with Crippen molar-refractivity contribution in [3.8, 4) is 0 Å². The molecule has 0 saturated carbocycles. The average molecular weight is 278 g/mol. The monoisotopic (exact) mass is 278 g/mol. The number of anilines is 2. The Hall–Kier alpha value is -2.15. The third-order valence-electron chi connectivity index (χ3n) is 2.58. The smallest absolute Gasteiger partial charge is 0.337 e. The number of nitrogen functional groups attached to an aromatic ring is 1. The number of nitrogens with one attached hydrogen (secondary N) is 1. The number of rotatable bonds is 4. The van der Waals surface area contributed by atoms with Crippen LogP contribution >= 0.6 is 11.3 Å². The summed E-state index contributed by atoms with van der Waals surface area (Å²) in [6, 6.07) is 1.29. The lowest BCUT2D eigenvalue weighted by Crippen LogP contribution is -2.12. The maximum atomic E-state index is 11.0. The molecule has 0 aromatic carbocycles. The zero-order valence-corrected chi connectivity index (χ0v) is 11.4. The van der Waals surface area contributed by atoms with E-state index in [-0.39, 0.29) is 17.3 Å². The molecule has 4 N–H and O–H groups in total. The summed E-state index contributed by atoms with van der Waals surface area (Å²) >= 11 is 1.53. The van der Waals surface area contributed by atoms with Gasteiger partial charge in [-0.15, -0.1) is 11.3 Å². The van der Waals surface area contributed by atoms with Gasteiger partial charge in [-0.2, -0.15) is 0 Å². The van der Waals surface area contributed by atoms with Gasteiger partial charge in [0.2, 0.25) is 0 Å². The van der Waals surface area contributed by atoms with Gasteiger partial charge in [-0.05, 0) is 19.9 Å². The van der Waals surface area contributed by atoms with Crippen molar-refractivity contribution in [3.63, 3.8) is 0 Å². The van der Waals surface area contributed by atoms with E-state index in [1.54, 1.807) is 0 Å². The lowest BCUT2D eigenvalue weighted by atomic mass is 10.2. The normalized spacial score (nSPS) is 12.1. The molecule has 100 valence electrons. The minimum Gasteiger partial charge on any atom is -0.478 e. The number of carbonyl (C=O) groups is 1. The van der Waals surface area contributed by atoms with E-state index in [0.29, 0.717) is 5.82 Å². The Bertz CT molecular complexity index is 612. The highest BCUT2D eigenvalue weighted by atomic mass is 32.1. The van der Waals surface area contributed by atoms with Gasteiger partial charge in [-0.3, -0.25) is 0 Å². The fraction of sp³-hybridized carbons (Fsp3) is 0.250. The minimum atomic E-state index is -1.07. The Morgan fingerprint density at radius 3 is 2.89 bits per heavy atom. The number of aromatic nitrogens is 2. The second-order valence-corrected chi connectivity index (χ2v) is 5.01. The van der Waals surface area contributed by atoms with Crippen molar-refractivity contribution in [2.45, 2.75) is 19.9 Å². The van der Waals surface area contributed by atoms with Gasteiger partial charge >= 0.3 is 5.97 Å². The molecule has 6 nitrogen and oxygen atoms in total. The predicted molar refractivity (Wildman–Crippen MR) is 74.5 cm³/mol. The summed E-state index contributed by atoms with van der Waals surface area (Å²) in [6.45, 7) is 3.84. The van der Waals surface area contributed by atoms with Crippen molar-refractivity contribution in [1.29, 1.82) is 0 Å². The molecule has 0 aliphatic rings. The molecular formula is C12H14N4O2S. The first-order chi connectivity index (χ1) is 8.99. The van der Waals surface area contributed by atoms with Gasteiger partial charge in [-0.25, -0.2) is 14.8 Å². The SMILES string of the molecule is Cc1csc(C(C)Nc2nccc(C(=O)O)c2N)n1. The van der Waals surface area contributed by atoms with Crippen LogP contribution in [0.25, 0.3) is 0 Å². The van der Waals surface area contributed by atoms with Crippen molar-refractivity contribution in [1.82, 2.24) is 9.97 Å². The third-order valence-corrected chi connectivity index (χ3v) is 3.73. The Balaban J connectivity index is 2.24. The van der Waals surface area contributed by atoms with Crippen LogP contribution in [0.3, 0.4) is 0 Å². The zero-order chi connectivity index (χ0) is 14.0. The molecule has 2 heterocycles. The molecule has 19 heavy (non-hydrogen) atoms. The van der Waals surface area contributed by atoms with Crippen molar-refractivity contribution in [2.24, 2.45) is 0 Å². The van der Waals surface area contributed by atoms with Crippen molar-refractivity contribution in [2.75, 3.05) is 11.1 Å². The summed E-state index contributed by atoms with van der Waals surface area (Å²) in [5.74, 6) is -0.707. The van der Waals surface area contributed by atoms with E-state index in [9.17, 15) is 4.79 Å². The molecule has 0 radical (unpaired) electrons. The highest BCUT2D eigenvalue weighted by molar-refractivity contribution is 7.09. The second-order valence-electron chi connectivity index (χ2n) is 4.12. The Morgan fingerprint density at radius 1 is 1.58 bits per heavy atom. The third kappa shape index (κ3) is 2.82. The van der Waals surface area contributed by atoms with E-state index in [2.05, 4.69) is 15.3 Å². The van der Waals surface area contributed by atoms with E-state index in [1.165, 1.54) is 23.6 Å². The first-order valence-corrected chi connectivity index (χ1v) is 6.53. The minimum absolute atomic E-state index is 0.0417. The molecule has 1 unspecified atom stereocenters. The van der Waals surface area contributed by atoms with Gasteiger partial charge in [0.1, 0.15) is 5.01 Å². The molecule has 1 atom stereocenters. The maximum Gasteiger partial charge on any atom is 0.337 e. The van der Waals surface area contributed by atoms with Crippen LogP contribution in [0.5, 0.6) is 0 Å². The Morgan fingerprint density at radius 2 is 2.32 bits per heavy atom. The molecule has 0 aliphatic carbocycles. The van der Waals surface area contributed by atoms with Gasteiger partial charge in [0.05, 0.1) is 17.3 Å². The van der Waals surface area contributed by atoms with Gasteiger partial charge in [0.15, 0.2) is 5.82 Å². The van der Waals surface area contributed by atoms with Gasteiger partial charge in [0, 0.05) is 17.3 Å². The van der Waals surface area contributed by atoms with Crippen LogP contribution in [0.2, 0.25) is 0 Å². The van der Waals surface area contributed by atoms with Gasteiger partial charge < -0.3 is 16.2 Å². The molecule has 0 fully saturated rings. The summed E-state index contributed by atoms with van der Waals surface area (Å²) in [5.41, 5.74) is 6.92. The largest absolute Gasteiger partial charge is 0.478 e. The number of thiazole rings is 1. The molecule has 2 rings (SSSR count). The van der Waals surface area contributed by atoms with Crippen LogP contribution in [-0.2, 0) is 0 Å². The summed E-state index contributed by atoms with van der Waals surface area (Å²) in [6.07, 6.45) is 1.42. The highest BCUT2D eigenvalue weighted by Crippen LogP contribution is 2.26. The summed E-state index contributed by atoms with van der Waals surface area (Å²) in [5, 5.41) is 14.9. The van der Waals surface area contributed by atoms with Crippen LogP contribution in [0.15, 0.2) is 17.6 Å². The van der Waals surface area contributed by atoms with Crippen LogP contribution in [0.4, 0.5) is 11.5 Å². The molecule has 0 saturated heterocycles. The number of aromatic carboxylic acids is 1. The molecule has 0 amide bonds. The number of nitrogens with two attached hydrogens (primary N) is 1. The van der Waals surface area contributed by atoms with Gasteiger partial charge in [0.25, 0.3) is 0 Å². The van der Waals surface area contributed by atoms with Crippen molar-refractivity contribution >= 4 is 28.8 Å². The van der Waals surface area contributed by atoms with Crippen LogP contribution in [0.1, 0.15) is 34.0 Å². The average Bonchev–Trinajstić information content (AvgIpc) is 2.78. The number of hydrogen-bond acceptors (Lipinski definition) is 6. The van der Waals surface area contributed by atoms with E-state index >= 15 is 0 Å². The topological polar surface area (TPSA) is 101 Å². The number of hydrogen-bond donors (Lipinski definition) is 3. The summed E-state index contributed by atoms with van der Waals surface area (Å²) in [7, 11) is 0. The lowest BCUT2D eigenvalue weighted by Gasteiger charge is -2.14. The van der Waals surface area contributed by atoms with Crippen molar-refractivity contribution < 1.29 is 9.90 Å².